The second kappa shape index (κ2) is 7.41. The third kappa shape index (κ3) is 4.59. The zero-order valence-corrected chi connectivity index (χ0v) is 13.2. The van der Waals surface area contributed by atoms with E-state index < -0.39 is 6.10 Å². The number of nitrogens with one attached hydrogen (secondary N) is 1. The van der Waals surface area contributed by atoms with E-state index in [1.54, 1.807) is 0 Å². The molecule has 1 aromatic carbocycles. The Morgan fingerprint density at radius 1 is 1.32 bits per heavy atom. The predicted octanol–water partition coefficient (Wildman–Crippen LogP) is 4.04. The molecule has 2 nitrogen and oxygen atoms in total. The molecule has 1 aromatic rings. The smallest absolute Gasteiger partial charge is 0.0914 e. The molecule has 2 N–H and O–H groups in total. The maximum atomic E-state index is 10.2. The van der Waals surface area contributed by atoms with Crippen molar-refractivity contribution in [2.75, 3.05) is 6.54 Å². The molecule has 19 heavy (non-hydrogen) atoms. The summed E-state index contributed by atoms with van der Waals surface area (Å²) in [5.41, 5.74) is 0.975. The Labute approximate surface area is 124 Å². The SMILES string of the molecule is CC1CCCCCC1NCC(O)c1cccc(Br)c1. The first kappa shape index (κ1) is 15.0. The Morgan fingerprint density at radius 3 is 2.89 bits per heavy atom. The van der Waals surface area contributed by atoms with Crippen molar-refractivity contribution in [1.82, 2.24) is 5.32 Å². The quantitative estimate of drug-likeness (QED) is 0.819. The van der Waals surface area contributed by atoms with E-state index >= 15 is 0 Å². The molecular formula is C16H24BrNO. The number of aliphatic hydroxyl groups excluding tert-OH is 1. The average Bonchev–Trinajstić information content (AvgIpc) is 2.61. The highest BCUT2D eigenvalue weighted by Crippen LogP contribution is 2.24. The fourth-order valence-corrected chi connectivity index (χ4v) is 3.31. The lowest BCUT2D eigenvalue weighted by Gasteiger charge is -2.24. The monoisotopic (exact) mass is 325 g/mol. The van der Waals surface area contributed by atoms with Crippen LogP contribution in [-0.2, 0) is 0 Å². The highest BCUT2D eigenvalue weighted by atomic mass is 79.9. The maximum absolute atomic E-state index is 10.2. The van der Waals surface area contributed by atoms with Gasteiger partial charge in [-0.1, -0.05) is 54.2 Å². The first-order chi connectivity index (χ1) is 9.16. The van der Waals surface area contributed by atoms with E-state index in [9.17, 15) is 5.11 Å². The minimum Gasteiger partial charge on any atom is -0.387 e. The van der Waals surface area contributed by atoms with E-state index in [0.717, 1.165) is 16.0 Å². The summed E-state index contributed by atoms with van der Waals surface area (Å²) < 4.78 is 1.02. The standard InChI is InChI=1S/C16H24BrNO/c1-12-6-3-2-4-9-15(12)18-11-16(19)13-7-5-8-14(17)10-13/h5,7-8,10,12,15-16,18-19H,2-4,6,9,11H2,1H3. The van der Waals surface area contributed by atoms with Crippen molar-refractivity contribution >= 4 is 15.9 Å². The first-order valence-electron chi connectivity index (χ1n) is 7.33. The molecule has 0 bridgehead atoms. The van der Waals surface area contributed by atoms with Gasteiger partial charge in [-0.15, -0.1) is 0 Å². The molecule has 0 amide bonds. The molecule has 106 valence electrons. The summed E-state index contributed by atoms with van der Waals surface area (Å²) in [5, 5.41) is 13.8. The third-order valence-corrected chi connectivity index (χ3v) is 4.66. The van der Waals surface area contributed by atoms with Crippen molar-refractivity contribution in [2.24, 2.45) is 5.92 Å². The molecule has 1 aliphatic rings. The molecule has 3 heteroatoms. The molecule has 1 fully saturated rings. The summed E-state index contributed by atoms with van der Waals surface area (Å²) in [6, 6.07) is 8.48. The van der Waals surface area contributed by atoms with E-state index in [1.807, 2.05) is 24.3 Å². The fraction of sp³-hybridized carbons (Fsp3) is 0.625. The number of halogens is 1. The van der Waals surface area contributed by atoms with Crippen LogP contribution in [0, 0.1) is 5.92 Å². The highest BCUT2D eigenvalue weighted by molar-refractivity contribution is 9.10. The second-order valence-electron chi connectivity index (χ2n) is 5.70. The molecule has 0 spiro atoms. The van der Waals surface area contributed by atoms with Crippen molar-refractivity contribution in [3.63, 3.8) is 0 Å². The van der Waals surface area contributed by atoms with Gasteiger partial charge < -0.3 is 10.4 Å². The van der Waals surface area contributed by atoms with Crippen molar-refractivity contribution < 1.29 is 5.11 Å². The summed E-state index contributed by atoms with van der Waals surface area (Å²) >= 11 is 3.45. The van der Waals surface area contributed by atoms with Crippen LogP contribution < -0.4 is 5.32 Å². The van der Waals surface area contributed by atoms with Gasteiger partial charge in [0.05, 0.1) is 6.10 Å². The molecule has 0 saturated heterocycles. The first-order valence-corrected chi connectivity index (χ1v) is 8.13. The average molecular weight is 326 g/mol. The number of hydrogen-bond acceptors (Lipinski definition) is 2. The Morgan fingerprint density at radius 2 is 2.11 bits per heavy atom. The van der Waals surface area contributed by atoms with Crippen LogP contribution in [0.25, 0.3) is 0 Å². The lowest BCUT2D eigenvalue weighted by molar-refractivity contribution is 0.163. The number of rotatable bonds is 4. The lowest BCUT2D eigenvalue weighted by Crippen LogP contribution is -2.37. The van der Waals surface area contributed by atoms with Crippen LogP contribution in [0.2, 0.25) is 0 Å². The molecule has 1 saturated carbocycles. The van der Waals surface area contributed by atoms with Gasteiger partial charge in [0.15, 0.2) is 0 Å². The van der Waals surface area contributed by atoms with Gasteiger partial charge >= 0.3 is 0 Å². The van der Waals surface area contributed by atoms with E-state index in [0.29, 0.717) is 12.6 Å². The zero-order chi connectivity index (χ0) is 13.7. The van der Waals surface area contributed by atoms with Gasteiger partial charge in [0, 0.05) is 17.1 Å². The van der Waals surface area contributed by atoms with Crippen molar-refractivity contribution in [3.05, 3.63) is 34.3 Å². The topological polar surface area (TPSA) is 32.3 Å². The summed E-state index contributed by atoms with van der Waals surface area (Å²) in [6.45, 7) is 2.97. The Balaban J connectivity index is 1.87. The molecule has 0 heterocycles. The van der Waals surface area contributed by atoms with Crippen LogP contribution in [0.15, 0.2) is 28.7 Å². The Kier molecular flexibility index (Phi) is 5.86. The van der Waals surface area contributed by atoms with Crippen molar-refractivity contribution in [2.45, 2.75) is 51.2 Å². The van der Waals surface area contributed by atoms with Crippen molar-refractivity contribution in [1.29, 1.82) is 0 Å². The minimum absolute atomic E-state index is 0.423. The second-order valence-corrected chi connectivity index (χ2v) is 6.62. The maximum Gasteiger partial charge on any atom is 0.0914 e. The van der Waals surface area contributed by atoms with Crippen LogP contribution in [0.4, 0.5) is 0 Å². The number of hydrogen-bond donors (Lipinski definition) is 2. The lowest BCUT2D eigenvalue weighted by atomic mass is 9.96. The highest BCUT2D eigenvalue weighted by Gasteiger charge is 2.20. The van der Waals surface area contributed by atoms with E-state index in [1.165, 1.54) is 32.1 Å². The summed E-state index contributed by atoms with van der Waals surface area (Å²) in [7, 11) is 0. The van der Waals surface area contributed by atoms with E-state index in [2.05, 4.69) is 28.2 Å². The molecule has 0 aliphatic heterocycles. The van der Waals surface area contributed by atoms with Gasteiger partial charge in [0.25, 0.3) is 0 Å². The molecule has 0 aromatic heterocycles. The molecule has 1 aliphatic carbocycles. The Bertz CT molecular complexity index is 396. The third-order valence-electron chi connectivity index (χ3n) is 4.17. The van der Waals surface area contributed by atoms with Crippen molar-refractivity contribution in [3.8, 4) is 0 Å². The van der Waals surface area contributed by atoms with Crippen LogP contribution in [0.3, 0.4) is 0 Å². The van der Waals surface area contributed by atoms with Gasteiger partial charge in [0.1, 0.15) is 0 Å². The minimum atomic E-state index is -0.423. The summed E-state index contributed by atoms with van der Waals surface area (Å²) in [6.07, 6.45) is 6.16. The van der Waals surface area contributed by atoms with Gasteiger partial charge in [-0.25, -0.2) is 0 Å². The van der Waals surface area contributed by atoms with Crippen LogP contribution in [0.5, 0.6) is 0 Å². The molecule has 0 radical (unpaired) electrons. The van der Waals surface area contributed by atoms with Crippen LogP contribution in [-0.4, -0.2) is 17.7 Å². The molecular weight excluding hydrogens is 302 g/mol. The number of aliphatic hydroxyl groups is 1. The van der Waals surface area contributed by atoms with E-state index in [4.69, 9.17) is 0 Å². The van der Waals surface area contributed by atoms with Gasteiger partial charge in [-0.2, -0.15) is 0 Å². The zero-order valence-electron chi connectivity index (χ0n) is 11.6. The molecule has 2 rings (SSSR count). The molecule has 3 atom stereocenters. The van der Waals surface area contributed by atoms with Gasteiger partial charge in [-0.3, -0.25) is 0 Å². The van der Waals surface area contributed by atoms with Crippen LogP contribution >= 0.6 is 15.9 Å². The fourth-order valence-electron chi connectivity index (χ4n) is 2.89. The van der Waals surface area contributed by atoms with E-state index in [-0.39, 0.29) is 0 Å². The van der Waals surface area contributed by atoms with Crippen LogP contribution in [0.1, 0.15) is 50.7 Å². The van der Waals surface area contributed by atoms with Gasteiger partial charge in [0.2, 0.25) is 0 Å². The largest absolute Gasteiger partial charge is 0.387 e. The van der Waals surface area contributed by atoms with Gasteiger partial charge in [-0.05, 0) is 36.5 Å². The Hall–Kier alpha value is -0.380. The predicted molar refractivity (Wildman–Crippen MR) is 83.1 cm³/mol. The molecule has 3 unspecified atom stereocenters. The number of benzene rings is 1. The normalized spacial score (nSPS) is 25.8. The summed E-state index contributed by atoms with van der Waals surface area (Å²) in [4.78, 5) is 0. The summed E-state index contributed by atoms with van der Waals surface area (Å²) in [5.74, 6) is 0.720.